The molecule has 0 aliphatic carbocycles. The number of hydrogen-bond donors (Lipinski definition) is 0. The van der Waals surface area contributed by atoms with E-state index < -0.39 is 12.8 Å². The zero-order valence-corrected chi connectivity index (χ0v) is 8.29. The van der Waals surface area contributed by atoms with E-state index in [1.807, 2.05) is 24.3 Å². The summed E-state index contributed by atoms with van der Waals surface area (Å²) in [6, 6.07) is 12.3. The highest BCUT2D eigenvalue weighted by Crippen LogP contribution is 2.22. The average molecular weight is 226 g/mol. The summed E-state index contributed by atoms with van der Waals surface area (Å²) in [5.74, 6) is 0.232. The Morgan fingerprint density at radius 1 is 0.938 bits per heavy atom. The van der Waals surface area contributed by atoms with Crippen LogP contribution < -0.4 is 4.74 Å². The van der Waals surface area contributed by atoms with Gasteiger partial charge in [0.2, 0.25) is 0 Å². The molecule has 4 heteroatoms. The largest absolute Gasteiger partial charge is 0.484 e. The van der Waals surface area contributed by atoms with Gasteiger partial charge in [0.1, 0.15) is 5.75 Å². The summed E-state index contributed by atoms with van der Waals surface area (Å²) in [7, 11) is 0. The average Bonchev–Trinajstić information content (AvgIpc) is 2.25. The lowest BCUT2D eigenvalue weighted by Crippen LogP contribution is -2.19. The first-order valence-corrected chi connectivity index (χ1v) is 4.73. The van der Waals surface area contributed by atoms with Crippen LogP contribution >= 0.6 is 0 Å². The summed E-state index contributed by atoms with van der Waals surface area (Å²) >= 11 is 0. The van der Waals surface area contributed by atoms with Crippen molar-refractivity contribution >= 4 is 10.8 Å². The van der Waals surface area contributed by atoms with E-state index >= 15 is 0 Å². The third-order valence-corrected chi connectivity index (χ3v) is 2.12. The second kappa shape index (κ2) is 4.04. The zero-order valence-electron chi connectivity index (χ0n) is 8.29. The number of fused-ring (bicyclic) bond motifs is 1. The van der Waals surface area contributed by atoms with Gasteiger partial charge in [-0.05, 0) is 22.9 Å². The molecule has 0 aliphatic rings. The summed E-state index contributed by atoms with van der Waals surface area (Å²) in [6.45, 7) is -1.26. The lowest BCUT2D eigenvalue weighted by molar-refractivity contribution is -0.153. The van der Waals surface area contributed by atoms with Gasteiger partial charge < -0.3 is 4.74 Å². The minimum Gasteiger partial charge on any atom is -0.484 e. The van der Waals surface area contributed by atoms with E-state index in [2.05, 4.69) is 4.74 Å². The standard InChI is InChI=1S/C12H9F3O/c13-12(14,15)8-16-11-6-5-9-3-1-2-4-10(9)7-11/h1-7H,8H2. The zero-order chi connectivity index (χ0) is 11.6. The van der Waals surface area contributed by atoms with Crippen molar-refractivity contribution in [2.45, 2.75) is 6.18 Å². The molecule has 0 radical (unpaired) electrons. The van der Waals surface area contributed by atoms with Crippen LogP contribution in [-0.4, -0.2) is 12.8 Å². The van der Waals surface area contributed by atoms with Crippen molar-refractivity contribution in [3.63, 3.8) is 0 Å². The molecule has 2 rings (SSSR count). The molecule has 0 aromatic heterocycles. The van der Waals surface area contributed by atoms with Crippen LogP contribution in [0.4, 0.5) is 13.2 Å². The van der Waals surface area contributed by atoms with Crippen molar-refractivity contribution in [2.75, 3.05) is 6.61 Å². The Labute approximate surface area is 90.5 Å². The maximum Gasteiger partial charge on any atom is 0.422 e. The predicted molar refractivity (Wildman–Crippen MR) is 55.5 cm³/mol. The smallest absolute Gasteiger partial charge is 0.422 e. The normalized spacial score (nSPS) is 11.7. The molecule has 16 heavy (non-hydrogen) atoms. The van der Waals surface area contributed by atoms with Crippen LogP contribution in [0.2, 0.25) is 0 Å². The summed E-state index contributed by atoms with van der Waals surface area (Å²) in [5.41, 5.74) is 0. The van der Waals surface area contributed by atoms with Crippen molar-refractivity contribution in [2.24, 2.45) is 0 Å². The van der Waals surface area contributed by atoms with Crippen LogP contribution in [0.15, 0.2) is 42.5 Å². The van der Waals surface area contributed by atoms with Crippen LogP contribution in [0.5, 0.6) is 5.75 Å². The van der Waals surface area contributed by atoms with Crippen LogP contribution in [0.3, 0.4) is 0 Å². The molecule has 0 aliphatic heterocycles. The molecule has 0 amide bonds. The molecule has 0 atom stereocenters. The summed E-state index contributed by atoms with van der Waals surface area (Å²) in [6.07, 6.45) is -4.30. The molecule has 0 unspecified atom stereocenters. The lowest BCUT2D eigenvalue weighted by Gasteiger charge is -2.09. The summed E-state index contributed by atoms with van der Waals surface area (Å²) in [5, 5.41) is 1.84. The minimum absolute atomic E-state index is 0.232. The van der Waals surface area contributed by atoms with Gasteiger partial charge in [-0.3, -0.25) is 0 Å². The number of hydrogen-bond acceptors (Lipinski definition) is 1. The molecule has 0 saturated heterocycles. The molecule has 0 saturated carbocycles. The molecule has 0 fully saturated rings. The second-order valence-corrected chi connectivity index (χ2v) is 3.41. The van der Waals surface area contributed by atoms with E-state index in [9.17, 15) is 13.2 Å². The van der Waals surface area contributed by atoms with Crippen LogP contribution in [0.25, 0.3) is 10.8 Å². The van der Waals surface area contributed by atoms with Gasteiger partial charge >= 0.3 is 6.18 Å². The molecule has 2 aromatic rings. The maximum absolute atomic E-state index is 11.9. The molecule has 0 heterocycles. The Bertz CT molecular complexity index is 491. The third-order valence-electron chi connectivity index (χ3n) is 2.12. The van der Waals surface area contributed by atoms with Crippen LogP contribution in [0, 0.1) is 0 Å². The number of halogens is 3. The Kier molecular flexibility index (Phi) is 2.73. The summed E-state index contributed by atoms with van der Waals surface area (Å²) < 4.78 is 40.4. The second-order valence-electron chi connectivity index (χ2n) is 3.41. The number of ether oxygens (including phenoxy) is 1. The Balaban J connectivity index is 2.20. The van der Waals surface area contributed by atoms with Crippen molar-refractivity contribution in [1.29, 1.82) is 0 Å². The third kappa shape index (κ3) is 2.66. The number of alkyl halides is 3. The summed E-state index contributed by atoms with van der Waals surface area (Å²) in [4.78, 5) is 0. The van der Waals surface area contributed by atoms with Gasteiger partial charge in [-0.15, -0.1) is 0 Å². The Hall–Kier alpha value is -1.71. The van der Waals surface area contributed by atoms with Gasteiger partial charge in [0.25, 0.3) is 0 Å². The van der Waals surface area contributed by atoms with Gasteiger partial charge in [0.15, 0.2) is 6.61 Å². The van der Waals surface area contributed by atoms with Gasteiger partial charge in [0.05, 0.1) is 0 Å². The monoisotopic (exact) mass is 226 g/mol. The highest BCUT2D eigenvalue weighted by Gasteiger charge is 2.28. The van der Waals surface area contributed by atoms with E-state index in [-0.39, 0.29) is 5.75 Å². The minimum atomic E-state index is -4.30. The maximum atomic E-state index is 11.9. The molecule has 0 bridgehead atoms. The first kappa shape index (κ1) is 10.8. The van der Waals surface area contributed by atoms with Gasteiger partial charge in [-0.1, -0.05) is 30.3 Å². The van der Waals surface area contributed by atoms with Gasteiger partial charge in [-0.2, -0.15) is 13.2 Å². The molecule has 0 spiro atoms. The van der Waals surface area contributed by atoms with Crippen molar-refractivity contribution in [3.05, 3.63) is 42.5 Å². The first-order chi connectivity index (χ1) is 7.54. The van der Waals surface area contributed by atoms with Gasteiger partial charge in [-0.25, -0.2) is 0 Å². The van der Waals surface area contributed by atoms with E-state index in [4.69, 9.17) is 0 Å². The molecular weight excluding hydrogens is 217 g/mol. The number of benzene rings is 2. The molecule has 1 nitrogen and oxygen atoms in total. The van der Waals surface area contributed by atoms with Crippen molar-refractivity contribution < 1.29 is 17.9 Å². The fourth-order valence-electron chi connectivity index (χ4n) is 1.42. The molecule has 84 valence electrons. The topological polar surface area (TPSA) is 9.23 Å². The Morgan fingerprint density at radius 3 is 2.31 bits per heavy atom. The highest BCUT2D eigenvalue weighted by atomic mass is 19.4. The highest BCUT2D eigenvalue weighted by molar-refractivity contribution is 5.83. The van der Waals surface area contributed by atoms with E-state index in [0.29, 0.717) is 0 Å². The fraction of sp³-hybridized carbons (Fsp3) is 0.167. The SMILES string of the molecule is FC(F)(F)COc1ccc2ccccc2c1. The Morgan fingerprint density at radius 2 is 1.62 bits per heavy atom. The van der Waals surface area contributed by atoms with Crippen LogP contribution in [-0.2, 0) is 0 Å². The lowest BCUT2D eigenvalue weighted by atomic mass is 10.1. The van der Waals surface area contributed by atoms with E-state index in [1.165, 1.54) is 6.07 Å². The fourth-order valence-corrected chi connectivity index (χ4v) is 1.42. The van der Waals surface area contributed by atoms with E-state index in [1.54, 1.807) is 12.1 Å². The van der Waals surface area contributed by atoms with Gasteiger partial charge in [0, 0.05) is 0 Å². The van der Waals surface area contributed by atoms with E-state index in [0.717, 1.165) is 10.8 Å². The molecule has 2 aromatic carbocycles. The van der Waals surface area contributed by atoms with Crippen molar-refractivity contribution in [3.8, 4) is 5.75 Å². The van der Waals surface area contributed by atoms with Crippen molar-refractivity contribution in [1.82, 2.24) is 0 Å². The molecular formula is C12H9F3O. The number of rotatable bonds is 2. The molecule has 0 N–H and O–H groups in total. The van der Waals surface area contributed by atoms with Crippen LogP contribution in [0.1, 0.15) is 0 Å². The quantitative estimate of drug-likeness (QED) is 0.757. The predicted octanol–water partition coefficient (Wildman–Crippen LogP) is 3.78. The first-order valence-electron chi connectivity index (χ1n) is 4.73.